The summed E-state index contributed by atoms with van der Waals surface area (Å²) >= 11 is 0. The highest BCUT2D eigenvalue weighted by Crippen LogP contribution is 2.21. The van der Waals surface area contributed by atoms with Crippen LogP contribution in [0.4, 0.5) is 5.69 Å². The number of aromatic nitrogens is 1. The van der Waals surface area contributed by atoms with Crippen LogP contribution in [0.5, 0.6) is 0 Å². The van der Waals surface area contributed by atoms with Gasteiger partial charge in [0.25, 0.3) is 11.8 Å². The van der Waals surface area contributed by atoms with E-state index in [4.69, 9.17) is 4.42 Å². The molecule has 0 saturated carbocycles. The smallest absolute Gasteiger partial charge is 0.289 e. The predicted molar refractivity (Wildman–Crippen MR) is 101 cm³/mol. The second kappa shape index (κ2) is 7.82. The van der Waals surface area contributed by atoms with E-state index >= 15 is 0 Å². The van der Waals surface area contributed by atoms with Crippen LogP contribution in [0.25, 0.3) is 0 Å². The van der Waals surface area contributed by atoms with Gasteiger partial charge in [-0.2, -0.15) is 0 Å². The van der Waals surface area contributed by atoms with E-state index in [0.717, 1.165) is 18.8 Å². The molecule has 0 bridgehead atoms. The number of hydrogen-bond acceptors (Lipinski definition) is 5. The van der Waals surface area contributed by atoms with Crippen molar-refractivity contribution in [3.05, 3.63) is 48.2 Å². The molecule has 7 heteroatoms. The minimum Gasteiger partial charge on any atom is -0.459 e. The number of piperidine rings is 1. The molecule has 2 fully saturated rings. The predicted octanol–water partition coefficient (Wildman–Crippen LogP) is 2.26. The van der Waals surface area contributed by atoms with Gasteiger partial charge in [0.1, 0.15) is 0 Å². The van der Waals surface area contributed by atoms with E-state index in [-0.39, 0.29) is 11.8 Å². The molecule has 0 aromatic carbocycles. The van der Waals surface area contributed by atoms with Gasteiger partial charge in [-0.15, -0.1) is 0 Å². The monoisotopic (exact) mass is 368 g/mol. The summed E-state index contributed by atoms with van der Waals surface area (Å²) in [6, 6.07) is 5.31. The molecule has 2 amide bonds. The topological polar surface area (TPSA) is 69.9 Å². The Bertz CT molecular complexity index is 791. The summed E-state index contributed by atoms with van der Waals surface area (Å²) in [5.41, 5.74) is 1.64. The lowest BCUT2D eigenvalue weighted by molar-refractivity contribution is 0.0518. The summed E-state index contributed by atoms with van der Waals surface area (Å²) in [5.74, 6) is 0.195. The molecule has 7 nitrogen and oxygen atoms in total. The molecule has 142 valence electrons. The molecule has 2 aliphatic heterocycles. The third kappa shape index (κ3) is 3.82. The fourth-order valence-electron chi connectivity index (χ4n) is 3.72. The maximum atomic E-state index is 12.9. The highest BCUT2D eigenvalue weighted by molar-refractivity contribution is 5.95. The number of furan rings is 1. The van der Waals surface area contributed by atoms with Crippen LogP contribution in [-0.2, 0) is 0 Å². The summed E-state index contributed by atoms with van der Waals surface area (Å²) in [7, 11) is 0. The summed E-state index contributed by atoms with van der Waals surface area (Å²) in [6.07, 6.45) is 8.60. The maximum Gasteiger partial charge on any atom is 0.289 e. The third-order valence-electron chi connectivity index (χ3n) is 5.28. The highest BCUT2D eigenvalue weighted by atomic mass is 16.3. The van der Waals surface area contributed by atoms with Crippen LogP contribution in [0.2, 0.25) is 0 Å². The van der Waals surface area contributed by atoms with Crippen LogP contribution in [0.1, 0.15) is 40.2 Å². The standard InChI is InChI=1S/C20H24N4O3/c25-19(16-13-17(15-21-14-16)22-6-2-1-3-7-22)23-8-10-24(11-9-23)20(26)18-5-4-12-27-18/h4-5,12-15H,1-3,6-11H2. The van der Waals surface area contributed by atoms with Crippen LogP contribution >= 0.6 is 0 Å². The first-order valence-electron chi connectivity index (χ1n) is 9.54. The number of carbonyl (C=O) groups is 2. The second-order valence-corrected chi connectivity index (χ2v) is 7.04. The van der Waals surface area contributed by atoms with E-state index < -0.39 is 0 Å². The SMILES string of the molecule is O=C(c1cncc(N2CCCCC2)c1)N1CCN(C(=O)c2ccco2)CC1. The fourth-order valence-corrected chi connectivity index (χ4v) is 3.72. The number of carbonyl (C=O) groups excluding carboxylic acids is 2. The average Bonchev–Trinajstić information content (AvgIpc) is 3.28. The van der Waals surface area contributed by atoms with E-state index in [0.29, 0.717) is 37.5 Å². The minimum atomic E-state index is -0.124. The molecular formula is C20H24N4O3. The highest BCUT2D eigenvalue weighted by Gasteiger charge is 2.27. The first kappa shape index (κ1) is 17.6. The molecule has 0 radical (unpaired) electrons. The Labute approximate surface area is 158 Å². The Morgan fingerprint density at radius 1 is 0.889 bits per heavy atom. The van der Waals surface area contributed by atoms with E-state index in [2.05, 4.69) is 9.88 Å². The van der Waals surface area contributed by atoms with Crippen LogP contribution < -0.4 is 4.90 Å². The number of piperazine rings is 1. The van der Waals surface area contributed by atoms with E-state index in [1.54, 1.807) is 28.1 Å². The quantitative estimate of drug-likeness (QED) is 0.831. The maximum absolute atomic E-state index is 12.9. The largest absolute Gasteiger partial charge is 0.459 e. The number of amides is 2. The van der Waals surface area contributed by atoms with Crippen molar-refractivity contribution >= 4 is 17.5 Å². The molecule has 0 spiro atoms. The van der Waals surface area contributed by atoms with Crippen molar-refractivity contribution in [3.8, 4) is 0 Å². The molecule has 2 aromatic heterocycles. The molecule has 4 heterocycles. The summed E-state index contributed by atoms with van der Waals surface area (Å²) < 4.78 is 5.18. The normalized spacial score (nSPS) is 17.9. The molecule has 0 unspecified atom stereocenters. The summed E-state index contributed by atoms with van der Waals surface area (Å²) in [4.78, 5) is 35.3. The van der Waals surface area contributed by atoms with Crippen molar-refractivity contribution in [1.82, 2.24) is 14.8 Å². The van der Waals surface area contributed by atoms with Crippen molar-refractivity contribution < 1.29 is 14.0 Å². The fraction of sp³-hybridized carbons (Fsp3) is 0.450. The Morgan fingerprint density at radius 2 is 1.59 bits per heavy atom. The van der Waals surface area contributed by atoms with Gasteiger partial charge < -0.3 is 19.1 Å². The number of rotatable bonds is 3. The summed E-state index contributed by atoms with van der Waals surface area (Å²) in [6.45, 7) is 4.08. The van der Waals surface area contributed by atoms with Crippen LogP contribution in [0.3, 0.4) is 0 Å². The molecule has 0 aliphatic carbocycles. The Balaban J connectivity index is 1.38. The zero-order valence-corrected chi connectivity index (χ0v) is 15.3. The zero-order valence-electron chi connectivity index (χ0n) is 15.3. The van der Waals surface area contributed by atoms with Crippen molar-refractivity contribution in [1.29, 1.82) is 0 Å². The Kier molecular flexibility index (Phi) is 5.09. The van der Waals surface area contributed by atoms with E-state index in [1.807, 2.05) is 12.3 Å². The van der Waals surface area contributed by atoms with Gasteiger partial charge in [-0.25, -0.2) is 0 Å². The molecule has 0 N–H and O–H groups in total. The van der Waals surface area contributed by atoms with Gasteiger partial charge in [0, 0.05) is 45.5 Å². The van der Waals surface area contributed by atoms with Gasteiger partial charge in [-0.05, 0) is 37.5 Å². The van der Waals surface area contributed by atoms with Gasteiger partial charge >= 0.3 is 0 Å². The van der Waals surface area contributed by atoms with Crippen molar-refractivity contribution in [2.45, 2.75) is 19.3 Å². The average molecular weight is 368 g/mol. The molecule has 0 atom stereocenters. The molecular weight excluding hydrogens is 344 g/mol. The van der Waals surface area contributed by atoms with Crippen molar-refractivity contribution in [2.75, 3.05) is 44.2 Å². The lowest BCUT2D eigenvalue weighted by atomic mass is 10.1. The molecule has 4 rings (SSSR count). The van der Waals surface area contributed by atoms with Crippen molar-refractivity contribution in [3.63, 3.8) is 0 Å². The van der Waals surface area contributed by atoms with Gasteiger partial charge in [0.2, 0.25) is 0 Å². The van der Waals surface area contributed by atoms with E-state index in [1.165, 1.54) is 25.5 Å². The first-order chi connectivity index (χ1) is 13.2. The van der Waals surface area contributed by atoms with E-state index in [9.17, 15) is 9.59 Å². The zero-order chi connectivity index (χ0) is 18.6. The lowest BCUT2D eigenvalue weighted by Gasteiger charge is -2.34. The number of anilines is 1. The molecule has 2 saturated heterocycles. The number of hydrogen-bond donors (Lipinski definition) is 0. The van der Waals surface area contributed by atoms with Gasteiger partial charge in [-0.1, -0.05) is 0 Å². The van der Waals surface area contributed by atoms with Crippen LogP contribution in [0.15, 0.2) is 41.3 Å². The van der Waals surface area contributed by atoms with Crippen LogP contribution in [0, 0.1) is 0 Å². The summed E-state index contributed by atoms with van der Waals surface area (Å²) in [5, 5.41) is 0. The lowest BCUT2D eigenvalue weighted by Crippen LogP contribution is -2.50. The Hall–Kier alpha value is -2.83. The number of nitrogens with zero attached hydrogens (tertiary/aromatic N) is 4. The third-order valence-corrected chi connectivity index (χ3v) is 5.28. The van der Waals surface area contributed by atoms with Gasteiger partial charge in [0.05, 0.1) is 23.7 Å². The van der Waals surface area contributed by atoms with Crippen LogP contribution in [-0.4, -0.2) is 65.9 Å². The Morgan fingerprint density at radius 3 is 2.26 bits per heavy atom. The second-order valence-electron chi connectivity index (χ2n) is 7.04. The number of pyridine rings is 1. The minimum absolute atomic E-state index is 0.0218. The van der Waals surface area contributed by atoms with Gasteiger partial charge in [0.15, 0.2) is 5.76 Å². The molecule has 2 aromatic rings. The van der Waals surface area contributed by atoms with Gasteiger partial charge in [-0.3, -0.25) is 14.6 Å². The molecule has 27 heavy (non-hydrogen) atoms. The van der Waals surface area contributed by atoms with Crippen molar-refractivity contribution in [2.24, 2.45) is 0 Å². The molecule has 2 aliphatic rings. The first-order valence-corrected chi connectivity index (χ1v) is 9.54.